The van der Waals surface area contributed by atoms with Crippen LogP contribution in [0.1, 0.15) is 63.5 Å². The van der Waals surface area contributed by atoms with Crippen molar-refractivity contribution in [3.05, 3.63) is 101 Å². The van der Waals surface area contributed by atoms with E-state index in [1.54, 1.807) is 23.3 Å². The first-order chi connectivity index (χ1) is 18.8. The number of pyridine rings is 1. The molecule has 3 heterocycles. The Hall–Kier alpha value is -4.79. The van der Waals surface area contributed by atoms with E-state index in [2.05, 4.69) is 25.7 Å². The van der Waals surface area contributed by atoms with Gasteiger partial charge in [-0.05, 0) is 61.6 Å². The molecule has 1 atom stereocenters. The van der Waals surface area contributed by atoms with Crippen LogP contribution in [0.5, 0.6) is 0 Å². The largest absolute Gasteiger partial charge is 0.345 e. The topological polar surface area (TPSA) is 118 Å². The number of hydrogen-bond acceptors (Lipinski definition) is 5. The van der Waals surface area contributed by atoms with Crippen LogP contribution in [0.25, 0.3) is 22.2 Å². The first-order valence-corrected chi connectivity index (χ1v) is 13.0. The summed E-state index contributed by atoms with van der Waals surface area (Å²) in [5.74, 6) is -0.0980. The number of benzene rings is 2. The van der Waals surface area contributed by atoms with Gasteiger partial charge in [-0.1, -0.05) is 30.3 Å². The quantitative estimate of drug-likeness (QED) is 0.291. The molecular weight excluding hydrogens is 490 g/mol. The van der Waals surface area contributed by atoms with Crippen LogP contribution in [0.3, 0.4) is 0 Å². The first-order valence-electron chi connectivity index (χ1n) is 13.0. The van der Waals surface area contributed by atoms with Crippen molar-refractivity contribution in [2.24, 2.45) is 7.05 Å². The maximum atomic E-state index is 13.4. The second-order valence-corrected chi connectivity index (χ2v) is 10.2. The second kappa shape index (κ2) is 9.50. The molecule has 0 aliphatic heterocycles. The highest BCUT2D eigenvalue weighted by Gasteiger charge is 2.46. The van der Waals surface area contributed by atoms with Crippen LogP contribution in [0.15, 0.2) is 73.3 Å². The second-order valence-electron chi connectivity index (χ2n) is 10.2. The molecule has 1 saturated carbocycles. The van der Waals surface area contributed by atoms with Gasteiger partial charge in [0.2, 0.25) is 0 Å². The monoisotopic (exact) mass is 519 g/mol. The summed E-state index contributed by atoms with van der Waals surface area (Å²) >= 11 is 0. The van der Waals surface area contributed by atoms with Crippen molar-refractivity contribution < 1.29 is 9.59 Å². The number of H-pyrrole nitrogens is 1. The lowest BCUT2D eigenvalue weighted by Crippen LogP contribution is -2.35. The molecule has 3 N–H and O–H groups in total. The van der Waals surface area contributed by atoms with Crippen LogP contribution in [-0.4, -0.2) is 36.5 Å². The lowest BCUT2D eigenvalue weighted by atomic mass is 9.97. The van der Waals surface area contributed by atoms with E-state index in [1.165, 1.54) is 0 Å². The SMILES string of the molecule is Cc1cc(C2(NC(=O)c3ncc[nH]3)CC2)ccc1C(=O)N[C@H](C)c1cc(-c2cnn(C)c2)nc2ccccc12. The minimum absolute atomic E-state index is 0.153. The highest BCUT2D eigenvalue weighted by atomic mass is 16.2. The van der Waals surface area contributed by atoms with Crippen LogP contribution in [0.4, 0.5) is 0 Å². The van der Waals surface area contributed by atoms with Gasteiger partial charge >= 0.3 is 0 Å². The van der Waals surface area contributed by atoms with Crippen LogP contribution in [-0.2, 0) is 12.6 Å². The smallest absolute Gasteiger partial charge is 0.287 e. The van der Waals surface area contributed by atoms with E-state index >= 15 is 0 Å². The summed E-state index contributed by atoms with van der Waals surface area (Å²) in [6.45, 7) is 3.91. The molecule has 3 aromatic heterocycles. The Balaban J connectivity index is 1.24. The Morgan fingerprint density at radius 3 is 2.62 bits per heavy atom. The Labute approximate surface area is 225 Å². The molecule has 2 amide bonds. The van der Waals surface area contributed by atoms with Gasteiger partial charge in [-0.15, -0.1) is 0 Å². The van der Waals surface area contributed by atoms with Crippen molar-refractivity contribution in [1.29, 1.82) is 0 Å². The maximum Gasteiger partial charge on any atom is 0.287 e. The number of amides is 2. The van der Waals surface area contributed by atoms with Crippen LogP contribution >= 0.6 is 0 Å². The Bertz CT molecular complexity index is 1700. The van der Waals surface area contributed by atoms with Crippen LogP contribution < -0.4 is 10.6 Å². The van der Waals surface area contributed by atoms with E-state index in [9.17, 15) is 9.59 Å². The summed E-state index contributed by atoms with van der Waals surface area (Å²) in [5, 5.41) is 11.6. The fourth-order valence-corrected chi connectivity index (χ4v) is 5.11. The number of rotatable bonds is 7. The fourth-order valence-electron chi connectivity index (χ4n) is 5.11. The van der Waals surface area contributed by atoms with Crippen molar-refractivity contribution in [1.82, 2.24) is 35.4 Å². The third-order valence-electron chi connectivity index (χ3n) is 7.40. The Kier molecular flexibility index (Phi) is 5.98. The third kappa shape index (κ3) is 4.67. The highest BCUT2D eigenvalue weighted by molar-refractivity contribution is 5.96. The molecule has 9 heteroatoms. The number of imidazole rings is 1. The number of nitrogens with zero attached hydrogens (tertiary/aromatic N) is 4. The van der Waals surface area contributed by atoms with Crippen molar-refractivity contribution in [2.75, 3.05) is 0 Å². The first kappa shape index (κ1) is 24.5. The van der Waals surface area contributed by atoms with E-state index in [1.807, 2.05) is 75.6 Å². The summed E-state index contributed by atoms with van der Waals surface area (Å²) in [6, 6.07) is 15.5. The molecule has 9 nitrogen and oxygen atoms in total. The van der Waals surface area contributed by atoms with Crippen molar-refractivity contribution in [2.45, 2.75) is 38.3 Å². The number of para-hydroxylation sites is 1. The van der Waals surface area contributed by atoms with Gasteiger partial charge in [0.05, 0.1) is 29.0 Å². The standard InChI is InChI=1S/C30H29N7O2/c1-18-14-21(30(10-11-30)36-29(39)27-31-12-13-32-27)8-9-22(18)28(38)34-19(2)24-15-26(20-16-33-37(3)17-20)35-25-7-5-4-6-23(24)25/h4-9,12-17,19H,10-11H2,1-3H3,(H,31,32)(H,34,38)(H,36,39)/t19-/m1/s1. The minimum Gasteiger partial charge on any atom is -0.345 e. The maximum absolute atomic E-state index is 13.4. The molecule has 0 unspecified atom stereocenters. The molecule has 0 saturated heterocycles. The lowest BCUT2D eigenvalue weighted by molar-refractivity contribution is 0.0916. The zero-order valence-corrected chi connectivity index (χ0v) is 22.0. The number of fused-ring (bicyclic) bond motifs is 1. The average molecular weight is 520 g/mol. The molecule has 2 aromatic carbocycles. The van der Waals surface area contributed by atoms with Gasteiger partial charge in [0.25, 0.3) is 11.8 Å². The van der Waals surface area contributed by atoms with Crippen molar-refractivity contribution in [3.63, 3.8) is 0 Å². The zero-order valence-electron chi connectivity index (χ0n) is 22.0. The molecule has 196 valence electrons. The fraction of sp³-hybridized carbons (Fsp3) is 0.233. The van der Waals surface area contributed by atoms with Crippen molar-refractivity contribution in [3.8, 4) is 11.3 Å². The van der Waals surface area contributed by atoms with Gasteiger partial charge in [0.1, 0.15) is 0 Å². The Morgan fingerprint density at radius 1 is 1.10 bits per heavy atom. The molecule has 1 fully saturated rings. The molecule has 1 aliphatic carbocycles. The van der Waals surface area contributed by atoms with E-state index in [0.29, 0.717) is 11.4 Å². The molecule has 0 radical (unpaired) electrons. The van der Waals surface area contributed by atoms with Crippen molar-refractivity contribution >= 4 is 22.7 Å². The number of aromatic amines is 1. The van der Waals surface area contributed by atoms with Crippen LogP contribution in [0, 0.1) is 6.92 Å². The van der Waals surface area contributed by atoms with Crippen LogP contribution in [0.2, 0.25) is 0 Å². The van der Waals surface area contributed by atoms with Gasteiger partial charge in [0, 0.05) is 42.2 Å². The molecular formula is C30H29N7O2. The highest BCUT2D eigenvalue weighted by Crippen LogP contribution is 2.46. The van der Waals surface area contributed by atoms with Gasteiger partial charge in [-0.2, -0.15) is 5.10 Å². The minimum atomic E-state index is -0.421. The van der Waals surface area contributed by atoms with Gasteiger partial charge in [-0.3, -0.25) is 14.3 Å². The zero-order chi connectivity index (χ0) is 27.1. The van der Waals surface area contributed by atoms with E-state index in [-0.39, 0.29) is 17.9 Å². The average Bonchev–Trinajstić information content (AvgIpc) is 3.29. The molecule has 39 heavy (non-hydrogen) atoms. The lowest BCUT2D eigenvalue weighted by Gasteiger charge is -2.20. The number of carbonyl (C=O) groups excluding carboxylic acids is 2. The normalized spacial score (nSPS) is 14.6. The number of aromatic nitrogens is 5. The van der Waals surface area contributed by atoms with E-state index in [0.717, 1.165) is 51.7 Å². The number of nitrogens with one attached hydrogen (secondary N) is 3. The van der Waals surface area contributed by atoms with E-state index in [4.69, 9.17) is 4.98 Å². The number of carbonyl (C=O) groups is 2. The molecule has 6 rings (SSSR count). The van der Waals surface area contributed by atoms with Gasteiger partial charge < -0.3 is 15.6 Å². The predicted molar refractivity (Wildman–Crippen MR) is 148 cm³/mol. The molecule has 0 bridgehead atoms. The number of aryl methyl sites for hydroxylation is 2. The van der Waals surface area contributed by atoms with Gasteiger partial charge in [0.15, 0.2) is 5.82 Å². The van der Waals surface area contributed by atoms with Gasteiger partial charge in [-0.25, -0.2) is 9.97 Å². The molecule has 1 aliphatic rings. The molecule has 0 spiro atoms. The summed E-state index contributed by atoms with van der Waals surface area (Å²) < 4.78 is 1.75. The summed E-state index contributed by atoms with van der Waals surface area (Å²) in [7, 11) is 1.87. The third-order valence-corrected chi connectivity index (χ3v) is 7.40. The summed E-state index contributed by atoms with van der Waals surface area (Å²) in [4.78, 5) is 37.7. The van der Waals surface area contributed by atoms with E-state index < -0.39 is 5.54 Å². The molecule has 5 aromatic rings. The summed E-state index contributed by atoms with van der Waals surface area (Å²) in [6.07, 6.45) is 8.59. The predicted octanol–water partition coefficient (Wildman–Crippen LogP) is 4.58. The number of hydrogen-bond donors (Lipinski definition) is 3. The summed E-state index contributed by atoms with van der Waals surface area (Å²) in [5.41, 5.74) is 5.60. The Morgan fingerprint density at radius 2 is 1.92 bits per heavy atom.